The highest BCUT2D eigenvalue weighted by Crippen LogP contribution is 2.12. The molecule has 0 spiro atoms. The van der Waals surface area contributed by atoms with Gasteiger partial charge in [0.15, 0.2) is 0 Å². The largest absolute Gasteiger partial charge is 0.348 e. The summed E-state index contributed by atoms with van der Waals surface area (Å²) in [5.74, 6) is 0. The molecule has 0 amide bonds. The molecule has 0 aliphatic heterocycles. The standard InChI is InChI=1S/C10H8N4O2/c1-6-2-3-7(5-11)4-8(6)14-9(15)12-13-10(14)16/h2-4H,1H3,(H,12,15)(H,13,16). The van der Waals surface area contributed by atoms with E-state index in [4.69, 9.17) is 5.26 Å². The Morgan fingerprint density at radius 2 is 1.88 bits per heavy atom. The molecule has 0 unspecified atom stereocenters. The van der Waals surface area contributed by atoms with Crippen LogP contribution in [-0.2, 0) is 0 Å². The first-order chi connectivity index (χ1) is 7.63. The second-order valence-corrected chi connectivity index (χ2v) is 3.31. The maximum absolute atomic E-state index is 11.4. The van der Waals surface area contributed by atoms with Crippen molar-refractivity contribution < 1.29 is 0 Å². The van der Waals surface area contributed by atoms with E-state index in [-0.39, 0.29) is 0 Å². The van der Waals surface area contributed by atoms with Crippen molar-refractivity contribution in [1.82, 2.24) is 14.8 Å². The Labute approximate surface area is 89.8 Å². The van der Waals surface area contributed by atoms with Crippen molar-refractivity contribution in [3.63, 3.8) is 0 Å². The highest BCUT2D eigenvalue weighted by molar-refractivity contribution is 5.46. The number of aromatic amines is 2. The second-order valence-electron chi connectivity index (χ2n) is 3.31. The lowest BCUT2D eigenvalue weighted by molar-refractivity contribution is 0.940. The summed E-state index contributed by atoms with van der Waals surface area (Å²) in [6.45, 7) is 1.76. The summed E-state index contributed by atoms with van der Waals surface area (Å²) in [4.78, 5) is 22.8. The Bertz CT molecular complexity index is 656. The Balaban J connectivity index is 2.79. The van der Waals surface area contributed by atoms with Crippen LogP contribution in [0.25, 0.3) is 5.69 Å². The van der Waals surface area contributed by atoms with Crippen LogP contribution in [0.4, 0.5) is 0 Å². The minimum Gasteiger partial charge on any atom is -0.247 e. The van der Waals surface area contributed by atoms with Crippen LogP contribution in [0.15, 0.2) is 27.8 Å². The van der Waals surface area contributed by atoms with Gasteiger partial charge < -0.3 is 0 Å². The molecule has 0 atom stereocenters. The lowest BCUT2D eigenvalue weighted by Crippen LogP contribution is -2.25. The molecule has 0 aliphatic rings. The Morgan fingerprint density at radius 3 is 2.44 bits per heavy atom. The number of nitrogens with one attached hydrogen (secondary N) is 2. The molecule has 0 aliphatic carbocycles. The molecule has 0 saturated heterocycles. The van der Waals surface area contributed by atoms with Crippen LogP contribution in [0, 0.1) is 18.3 Å². The number of hydrogen-bond donors (Lipinski definition) is 2. The third kappa shape index (κ3) is 1.44. The van der Waals surface area contributed by atoms with Crippen molar-refractivity contribution in [2.45, 2.75) is 6.92 Å². The summed E-state index contributed by atoms with van der Waals surface area (Å²) in [5, 5.41) is 13.1. The van der Waals surface area contributed by atoms with Gasteiger partial charge in [0, 0.05) is 0 Å². The van der Waals surface area contributed by atoms with Gasteiger partial charge in [0.1, 0.15) is 0 Å². The molecule has 80 valence electrons. The zero-order valence-electron chi connectivity index (χ0n) is 8.44. The normalized spacial score (nSPS) is 10.0. The third-order valence-electron chi connectivity index (χ3n) is 2.26. The lowest BCUT2D eigenvalue weighted by Gasteiger charge is -2.03. The van der Waals surface area contributed by atoms with Gasteiger partial charge in [0.05, 0.1) is 17.3 Å². The number of aryl methyl sites for hydroxylation is 1. The monoisotopic (exact) mass is 216 g/mol. The summed E-state index contributed by atoms with van der Waals surface area (Å²) in [6, 6.07) is 6.77. The second kappa shape index (κ2) is 3.55. The average molecular weight is 216 g/mol. The summed E-state index contributed by atoms with van der Waals surface area (Å²) in [6.07, 6.45) is 0. The van der Waals surface area contributed by atoms with Crippen molar-refractivity contribution in [3.05, 3.63) is 50.3 Å². The molecule has 0 fully saturated rings. The Hall–Kier alpha value is -2.55. The molecule has 6 heteroatoms. The number of benzene rings is 1. The van der Waals surface area contributed by atoms with E-state index in [2.05, 4.69) is 10.2 Å². The fraction of sp³-hybridized carbons (Fsp3) is 0.100. The van der Waals surface area contributed by atoms with Crippen LogP contribution in [0.5, 0.6) is 0 Å². The minimum absolute atomic E-state index is 0.396. The number of hydrogen-bond acceptors (Lipinski definition) is 3. The van der Waals surface area contributed by atoms with E-state index < -0.39 is 11.4 Å². The first-order valence-electron chi connectivity index (χ1n) is 4.54. The average Bonchev–Trinajstić information content (AvgIpc) is 2.60. The van der Waals surface area contributed by atoms with E-state index in [9.17, 15) is 9.59 Å². The van der Waals surface area contributed by atoms with E-state index in [0.29, 0.717) is 11.3 Å². The zero-order chi connectivity index (χ0) is 11.7. The molecular weight excluding hydrogens is 208 g/mol. The minimum atomic E-state index is -0.553. The number of H-pyrrole nitrogens is 2. The molecule has 2 N–H and O–H groups in total. The van der Waals surface area contributed by atoms with Gasteiger partial charge in [0.25, 0.3) is 0 Å². The first-order valence-corrected chi connectivity index (χ1v) is 4.54. The number of nitriles is 1. The smallest absolute Gasteiger partial charge is 0.247 e. The summed E-state index contributed by atoms with van der Waals surface area (Å²) in [5.41, 5.74) is 0.442. The maximum Gasteiger partial charge on any atom is 0.348 e. The molecule has 2 aromatic rings. The van der Waals surface area contributed by atoms with Crippen LogP contribution >= 0.6 is 0 Å². The molecule has 6 nitrogen and oxygen atoms in total. The zero-order valence-corrected chi connectivity index (χ0v) is 8.44. The molecule has 0 radical (unpaired) electrons. The first kappa shape index (κ1) is 9.98. The molecule has 1 aromatic carbocycles. The summed E-state index contributed by atoms with van der Waals surface area (Å²) < 4.78 is 0.955. The maximum atomic E-state index is 11.4. The van der Waals surface area contributed by atoms with E-state index in [1.54, 1.807) is 19.1 Å². The fourth-order valence-corrected chi connectivity index (χ4v) is 1.45. The van der Waals surface area contributed by atoms with Crippen molar-refractivity contribution >= 4 is 0 Å². The molecule has 1 heterocycles. The number of rotatable bonds is 1. The van der Waals surface area contributed by atoms with Gasteiger partial charge >= 0.3 is 11.4 Å². The van der Waals surface area contributed by atoms with Gasteiger partial charge in [-0.2, -0.15) is 5.26 Å². The fourth-order valence-electron chi connectivity index (χ4n) is 1.45. The van der Waals surface area contributed by atoms with E-state index >= 15 is 0 Å². The SMILES string of the molecule is Cc1ccc(C#N)cc1-n1c(=O)[nH][nH]c1=O. The third-order valence-corrected chi connectivity index (χ3v) is 2.26. The van der Waals surface area contributed by atoms with Crippen LogP contribution in [-0.4, -0.2) is 14.8 Å². The van der Waals surface area contributed by atoms with Gasteiger partial charge in [-0.15, -0.1) is 0 Å². The molecule has 2 rings (SSSR count). The highest BCUT2D eigenvalue weighted by Gasteiger charge is 2.09. The van der Waals surface area contributed by atoms with E-state index in [1.165, 1.54) is 6.07 Å². The van der Waals surface area contributed by atoms with Crippen molar-refractivity contribution in [3.8, 4) is 11.8 Å². The lowest BCUT2D eigenvalue weighted by atomic mass is 10.1. The van der Waals surface area contributed by atoms with Gasteiger partial charge in [-0.1, -0.05) is 6.07 Å². The van der Waals surface area contributed by atoms with Gasteiger partial charge in [-0.25, -0.2) is 24.4 Å². The summed E-state index contributed by atoms with van der Waals surface area (Å²) in [7, 11) is 0. The summed E-state index contributed by atoms with van der Waals surface area (Å²) >= 11 is 0. The van der Waals surface area contributed by atoms with Crippen molar-refractivity contribution in [1.29, 1.82) is 5.26 Å². The van der Waals surface area contributed by atoms with Gasteiger partial charge in [-0.3, -0.25) is 0 Å². The topological polar surface area (TPSA) is 94.4 Å². The quantitative estimate of drug-likeness (QED) is 0.704. The molecular formula is C10H8N4O2. The van der Waals surface area contributed by atoms with Crippen LogP contribution in [0.1, 0.15) is 11.1 Å². The molecule has 1 aromatic heterocycles. The van der Waals surface area contributed by atoms with Crippen molar-refractivity contribution in [2.75, 3.05) is 0 Å². The van der Waals surface area contributed by atoms with Crippen molar-refractivity contribution in [2.24, 2.45) is 0 Å². The van der Waals surface area contributed by atoms with E-state index in [0.717, 1.165) is 10.1 Å². The number of nitrogens with zero attached hydrogens (tertiary/aromatic N) is 2. The number of aromatic nitrogens is 3. The van der Waals surface area contributed by atoms with Crippen LogP contribution in [0.2, 0.25) is 0 Å². The Kier molecular flexibility index (Phi) is 2.21. The highest BCUT2D eigenvalue weighted by atomic mass is 16.2. The van der Waals surface area contributed by atoms with Gasteiger partial charge in [0.2, 0.25) is 0 Å². The predicted octanol–water partition coefficient (Wildman–Crippen LogP) is 0.0340. The predicted molar refractivity (Wildman–Crippen MR) is 56.5 cm³/mol. The molecule has 0 bridgehead atoms. The molecule has 0 saturated carbocycles. The van der Waals surface area contributed by atoms with Crippen LogP contribution < -0.4 is 11.4 Å². The Morgan fingerprint density at radius 1 is 1.25 bits per heavy atom. The van der Waals surface area contributed by atoms with E-state index in [1.807, 2.05) is 6.07 Å². The van der Waals surface area contributed by atoms with Gasteiger partial charge in [-0.05, 0) is 24.6 Å². The molecule has 16 heavy (non-hydrogen) atoms. The van der Waals surface area contributed by atoms with Crippen LogP contribution in [0.3, 0.4) is 0 Å².